The molecule has 11 nitrogen and oxygen atoms in total. The third-order valence-electron chi connectivity index (χ3n) is 5.15. The maximum Gasteiger partial charge on any atom is 0.158 e. The van der Waals surface area contributed by atoms with Gasteiger partial charge in [0.1, 0.15) is 31.2 Å². The van der Waals surface area contributed by atoms with Crippen molar-refractivity contribution in [1.29, 1.82) is 0 Å². The summed E-state index contributed by atoms with van der Waals surface area (Å²) in [6.45, 7) is 2.58. The maximum absolute atomic E-state index is 7.65. The van der Waals surface area contributed by atoms with Gasteiger partial charge in [-0.15, -0.1) is 0 Å². The van der Waals surface area contributed by atoms with Crippen LogP contribution in [-0.4, -0.2) is 83.8 Å². The smallest absolute Gasteiger partial charge is 0.158 e. The number of nitrogens with one attached hydrogen (secondary N) is 1. The Kier molecular flexibility index (Phi) is 12.2. The van der Waals surface area contributed by atoms with Crippen LogP contribution >= 0.6 is 0 Å². The predicted molar refractivity (Wildman–Crippen MR) is 130 cm³/mol. The number of aromatic nitrogens is 3. The van der Waals surface area contributed by atoms with Gasteiger partial charge in [0.2, 0.25) is 0 Å². The van der Waals surface area contributed by atoms with E-state index in [1.54, 1.807) is 13.4 Å². The molecule has 11 heteroatoms. The number of aliphatic hydroxyl groups is 2. The minimum atomic E-state index is -0.181. The number of benzene rings is 1. The van der Waals surface area contributed by atoms with Crippen molar-refractivity contribution in [3.05, 3.63) is 48.4 Å². The average Bonchev–Trinajstić information content (AvgIpc) is 3.29. The van der Waals surface area contributed by atoms with E-state index in [1.165, 1.54) is 19.8 Å². The van der Waals surface area contributed by atoms with Crippen LogP contribution in [0.4, 0.5) is 11.5 Å². The summed E-state index contributed by atoms with van der Waals surface area (Å²) in [7, 11) is 4.53. The summed E-state index contributed by atoms with van der Waals surface area (Å²) in [5.41, 5.74) is 9.17. The normalized spacial score (nSPS) is 14.1. The first-order valence-corrected chi connectivity index (χ1v) is 11.0. The number of likely N-dealkylation sites (tertiary alicyclic amines) is 1. The first-order valence-electron chi connectivity index (χ1n) is 11.0. The zero-order chi connectivity index (χ0) is 24.8. The quantitative estimate of drug-likeness (QED) is 0.372. The lowest BCUT2D eigenvalue weighted by atomic mass is 10.1. The van der Waals surface area contributed by atoms with E-state index >= 15 is 0 Å². The van der Waals surface area contributed by atoms with Crippen LogP contribution in [0.5, 0.6) is 5.75 Å². The van der Waals surface area contributed by atoms with Crippen LogP contribution in [0.3, 0.4) is 0 Å². The van der Waals surface area contributed by atoms with Crippen molar-refractivity contribution in [2.24, 2.45) is 5.73 Å². The molecule has 0 aliphatic carbocycles. The van der Waals surface area contributed by atoms with Crippen molar-refractivity contribution in [2.75, 3.05) is 53.3 Å². The fraction of sp³-hybridized carbons (Fsp3) is 0.478. The fourth-order valence-corrected chi connectivity index (χ4v) is 3.43. The molecule has 5 N–H and O–H groups in total. The van der Waals surface area contributed by atoms with Crippen molar-refractivity contribution >= 4 is 17.0 Å². The Balaban J connectivity index is 0.000000446. The van der Waals surface area contributed by atoms with Crippen molar-refractivity contribution in [3.8, 4) is 5.75 Å². The highest BCUT2D eigenvalue weighted by atomic mass is 16.6. The minimum absolute atomic E-state index is 0.181. The molecule has 1 aliphatic heterocycles. The summed E-state index contributed by atoms with van der Waals surface area (Å²) in [5.74, 6) is 1.60. The van der Waals surface area contributed by atoms with Crippen LogP contribution in [0.1, 0.15) is 18.4 Å². The Bertz CT molecular complexity index is 954. The Morgan fingerprint density at radius 2 is 1.76 bits per heavy atom. The Morgan fingerprint density at radius 1 is 1.09 bits per heavy atom. The van der Waals surface area contributed by atoms with Crippen molar-refractivity contribution in [3.63, 3.8) is 0 Å². The van der Waals surface area contributed by atoms with E-state index in [1.807, 2.05) is 35.0 Å². The molecule has 0 bridgehead atoms. The van der Waals surface area contributed by atoms with Gasteiger partial charge in [0, 0.05) is 44.8 Å². The number of nitrogens with zero attached hydrogens (tertiary/aromatic N) is 4. The molecule has 3 heterocycles. The molecule has 1 fully saturated rings. The number of hydrogen-bond acceptors (Lipinski definition) is 10. The topological polar surface area (TPSA) is 140 Å². The van der Waals surface area contributed by atoms with E-state index < -0.39 is 0 Å². The summed E-state index contributed by atoms with van der Waals surface area (Å²) >= 11 is 0. The summed E-state index contributed by atoms with van der Waals surface area (Å²) in [4.78, 5) is 6.92. The molecule has 188 valence electrons. The highest BCUT2D eigenvalue weighted by molar-refractivity contribution is 5.76. The third-order valence-corrected chi connectivity index (χ3v) is 5.15. The number of anilines is 2. The van der Waals surface area contributed by atoms with Gasteiger partial charge in [-0.05, 0) is 49.7 Å². The van der Waals surface area contributed by atoms with Crippen LogP contribution < -0.4 is 15.8 Å². The van der Waals surface area contributed by atoms with E-state index in [0.29, 0.717) is 6.04 Å². The molecular formula is C23H36N6O5. The van der Waals surface area contributed by atoms with Crippen LogP contribution in [0, 0.1) is 0 Å². The van der Waals surface area contributed by atoms with Gasteiger partial charge in [-0.1, -0.05) is 6.07 Å². The van der Waals surface area contributed by atoms with Gasteiger partial charge in [-0.2, -0.15) is 5.10 Å². The van der Waals surface area contributed by atoms with Crippen molar-refractivity contribution in [2.45, 2.75) is 25.4 Å². The van der Waals surface area contributed by atoms with Gasteiger partial charge in [-0.25, -0.2) is 9.50 Å². The Labute approximate surface area is 200 Å². The van der Waals surface area contributed by atoms with Gasteiger partial charge in [0.25, 0.3) is 0 Å². The number of piperidine rings is 1. The van der Waals surface area contributed by atoms with Gasteiger partial charge in [0.05, 0.1) is 7.11 Å². The lowest BCUT2D eigenvalue weighted by molar-refractivity contribution is 0.0322. The molecule has 1 aliphatic rings. The molecule has 34 heavy (non-hydrogen) atoms. The zero-order valence-corrected chi connectivity index (χ0v) is 20.1. The van der Waals surface area contributed by atoms with Gasteiger partial charge < -0.3 is 35.5 Å². The highest BCUT2D eigenvalue weighted by Crippen LogP contribution is 2.26. The lowest BCUT2D eigenvalue weighted by Crippen LogP contribution is -2.39. The molecule has 0 spiro atoms. The van der Waals surface area contributed by atoms with E-state index in [4.69, 9.17) is 20.7 Å². The standard InChI is InChI=1S/C19H24N6O.2C2H6O2/c1-26-17-4-2-3-16(11-17)23-19-18-14(5-10-25(18)22-13-21-19)12-24-8-6-15(20)7-9-24;2*1-4-2-3/h2-5,10-11,13,15H,6-9,12,20H2,1H3,(H,21,22,23);2*3H,2H2,1H3. The molecular weight excluding hydrogens is 440 g/mol. The van der Waals surface area contributed by atoms with Crippen molar-refractivity contribution in [1.82, 2.24) is 19.5 Å². The monoisotopic (exact) mass is 476 g/mol. The van der Waals surface area contributed by atoms with Gasteiger partial charge in [-0.3, -0.25) is 4.90 Å². The molecule has 0 radical (unpaired) electrons. The number of methoxy groups -OCH3 is 3. The van der Waals surface area contributed by atoms with Gasteiger partial charge in [0.15, 0.2) is 5.82 Å². The minimum Gasteiger partial charge on any atom is -0.497 e. The molecule has 3 aromatic rings. The maximum atomic E-state index is 7.65. The molecule has 1 aromatic carbocycles. The predicted octanol–water partition coefficient (Wildman–Crippen LogP) is 1.57. The zero-order valence-electron chi connectivity index (χ0n) is 20.1. The second-order valence-electron chi connectivity index (χ2n) is 7.55. The average molecular weight is 477 g/mol. The van der Waals surface area contributed by atoms with E-state index in [2.05, 4.69) is 35.8 Å². The van der Waals surface area contributed by atoms with Crippen molar-refractivity contribution < 1.29 is 24.4 Å². The molecule has 0 amide bonds. The van der Waals surface area contributed by atoms with Gasteiger partial charge >= 0.3 is 0 Å². The van der Waals surface area contributed by atoms with Crippen LogP contribution in [0.2, 0.25) is 0 Å². The van der Waals surface area contributed by atoms with E-state index in [-0.39, 0.29) is 13.6 Å². The number of ether oxygens (including phenoxy) is 3. The summed E-state index contributed by atoms with van der Waals surface area (Å²) in [5, 5.41) is 23.1. The fourth-order valence-electron chi connectivity index (χ4n) is 3.43. The molecule has 0 atom stereocenters. The lowest BCUT2D eigenvalue weighted by Gasteiger charge is -2.29. The molecule has 0 unspecified atom stereocenters. The molecule has 1 saturated heterocycles. The molecule has 0 saturated carbocycles. The Morgan fingerprint density at radius 3 is 2.38 bits per heavy atom. The van der Waals surface area contributed by atoms with E-state index in [9.17, 15) is 0 Å². The number of fused-ring (bicyclic) bond motifs is 1. The number of nitrogens with two attached hydrogens (primary N) is 1. The number of rotatable bonds is 7. The van der Waals surface area contributed by atoms with Crippen LogP contribution in [-0.2, 0) is 16.0 Å². The third kappa shape index (κ3) is 8.52. The van der Waals surface area contributed by atoms with Crippen LogP contribution in [0.15, 0.2) is 42.9 Å². The summed E-state index contributed by atoms with van der Waals surface area (Å²) < 4.78 is 15.4. The number of hydrogen-bond donors (Lipinski definition) is 4. The number of aliphatic hydroxyl groups excluding tert-OH is 2. The molecule has 2 aromatic heterocycles. The first-order chi connectivity index (χ1) is 16.6. The van der Waals surface area contributed by atoms with Crippen LogP contribution in [0.25, 0.3) is 5.52 Å². The summed E-state index contributed by atoms with van der Waals surface area (Å²) in [6, 6.07) is 10.3. The van der Waals surface area contributed by atoms with E-state index in [0.717, 1.165) is 55.2 Å². The largest absolute Gasteiger partial charge is 0.497 e. The summed E-state index contributed by atoms with van der Waals surface area (Å²) in [6.07, 6.45) is 5.66. The molecule has 4 rings (SSSR count). The first kappa shape index (κ1) is 27.4. The highest BCUT2D eigenvalue weighted by Gasteiger charge is 2.18. The second kappa shape index (κ2) is 15.2. The SMILES string of the molecule is COCO.COCO.COc1cccc(Nc2ncnn3ccc(CN4CCC(N)CC4)c23)c1. The second-order valence-corrected chi connectivity index (χ2v) is 7.55. The Hall–Kier alpha value is -2.80.